The van der Waals surface area contributed by atoms with Gasteiger partial charge in [0.05, 0.1) is 31.2 Å². The molecule has 3 aromatic rings. The van der Waals surface area contributed by atoms with Crippen molar-refractivity contribution in [1.82, 2.24) is 25.4 Å². The molecule has 0 spiro atoms. The molecule has 0 atom stereocenters. The minimum atomic E-state index is 0.658. The molecule has 1 aromatic heterocycles. The lowest BCUT2D eigenvalue weighted by Gasteiger charge is -2.18. The summed E-state index contributed by atoms with van der Waals surface area (Å²) >= 11 is 0. The lowest BCUT2D eigenvalue weighted by atomic mass is 10.2. The van der Waals surface area contributed by atoms with Gasteiger partial charge in [-0.25, -0.2) is 15.1 Å². The van der Waals surface area contributed by atoms with Gasteiger partial charge in [-0.05, 0) is 42.5 Å². The Morgan fingerprint density at radius 3 is 2.52 bits per heavy atom. The van der Waals surface area contributed by atoms with Crippen LogP contribution < -0.4 is 15.5 Å². The van der Waals surface area contributed by atoms with Gasteiger partial charge in [-0.1, -0.05) is 25.1 Å². The molecule has 142 valence electrons. The number of rotatable bonds is 9. The van der Waals surface area contributed by atoms with E-state index in [4.69, 9.17) is 4.74 Å². The predicted molar refractivity (Wildman–Crippen MR) is 107 cm³/mol. The number of nitrogens with one attached hydrogen (secondary N) is 2. The van der Waals surface area contributed by atoms with E-state index in [0.717, 1.165) is 41.6 Å². The number of hydrazine groups is 1. The maximum atomic E-state index is 5.19. The van der Waals surface area contributed by atoms with E-state index in [-0.39, 0.29) is 0 Å². The average molecular weight is 366 g/mol. The van der Waals surface area contributed by atoms with Crippen molar-refractivity contribution in [2.24, 2.45) is 0 Å². The van der Waals surface area contributed by atoms with Gasteiger partial charge in [0.15, 0.2) is 0 Å². The monoisotopic (exact) mass is 366 g/mol. The van der Waals surface area contributed by atoms with Gasteiger partial charge in [0.2, 0.25) is 0 Å². The van der Waals surface area contributed by atoms with Crippen LogP contribution in [-0.2, 0) is 6.54 Å². The number of ether oxygens (including phenoxy) is 1. The molecule has 0 fully saturated rings. The molecule has 7 nitrogen and oxygen atoms in total. The fraction of sp³-hybridized carbons (Fsp3) is 0.300. The van der Waals surface area contributed by atoms with Gasteiger partial charge in [-0.3, -0.25) is 0 Å². The maximum absolute atomic E-state index is 5.19. The Morgan fingerprint density at radius 1 is 1.04 bits per heavy atom. The number of benzene rings is 2. The molecular formula is C20H26N6O. The van der Waals surface area contributed by atoms with E-state index in [1.165, 1.54) is 0 Å². The number of methoxy groups -OCH3 is 1. The van der Waals surface area contributed by atoms with Crippen molar-refractivity contribution >= 4 is 11.4 Å². The van der Waals surface area contributed by atoms with Crippen LogP contribution in [0.2, 0.25) is 0 Å². The fourth-order valence-electron chi connectivity index (χ4n) is 2.71. The SMILES string of the molecule is CCN(CC)NCc1cn(-c2cccc(Nc3ccc(OC)cc3)c2)nn1. The highest BCUT2D eigenvalue weighted by Gasteiger charge is 2.06. The Bertz CT molecular complexity index is 842. The molecule has 0 unspecified atom stereocenters. The van der Waals surface area contributed by atoms with Crippen LogP contribution in [-0.4, -0.2) is 40.2 Å². The third-order valence-corrected chi connectivity index (χ3v) is 4.28. The quantitative estimate of drug-likeness (QED) is 0.566. The zero-order chi connectivity index (χ0) is 19.1. The van der Waals surface area contributed by atoms with E-state index in [9.17, 15) is 0 Å². The molecule has 7 heteroatoms. The first kappa shape index (κ1) is 18.9. The largest absolute Gasteiger partial charge is 0.497 e. The minimum Gasteiger partial charge on any atom is -0.497 e. The summed E-state index contributed by atoms with van der Waals surface area (Å²) in [6.45, 7) is 6.79. The lowest BCUT2D eigenvalue weighted by Crippen LogP contribution is -2.37. The number of anilines is 2. The number of hydrogen-bond donors (Lipinski definition) is 2. The maximum Gasteiger partial charge on any atom is 0.119 e. The second-order valence-corrected chi connectivity index (χ2v) is 6.07. The Morgan fingerprint density at radius 2 is 1.81 bits per heavy atom. The van der Waals surface area contributed by atoms with E-state index >= 15 is 0 Å². The average Bonchev–Trinajstić information content (AvgIpc) is 3.19. The summed E-state index contributed by atoms with van der Waals surface area (Å²) in [5.41, 5.74) is 7.18. The van der Waals surface area contributed by atoms with Gasteiger partial charge >= 0.3 is 0 Å². The molecule has 0 aliphatic carbocycles. The topological polar surface area (TPSA) is 67.2 Å². The summed E-state index contributed by atoms with van der Waals surface area (Å²) in [7, 11) is 1.66. The van der Waals surface area contributed by atoms with E-state index in [1.54, 1.807) is 11.8 Å². The van der Waals surface area contributed by atoms with Gasteiger partial charge in [0, 0.05) is 24.5 Å². The summed E-state index contributed by atoms with van der Waals surface area (Å²) in [6.07, 6.45) is 1.95. The molecule has 0 saturated carbocycles. The van der Waals surface area contributed by atoms with E-state index in [1.807, 2.05) is 54.7 Å². The van der Waals surface area contributed by atoms with Gasteiger partial charge < -0.3 is 10.1 Å². The van der Waals surface area contributed by atoms with Crippen LogP contribution in [0.15, 0.2) is 54.7 Å². The van der Waals surface area contributed by atoms with Gasteiger partial charge in [-0.15, -0.1) is 5.10 Å². The van der Waals surface area contributed by atoms with E-state index < -0.39 is 0 Å². The van der Waals surface area contributed by atoms with Crippen LogP contribution in [0.4, 0.5) is 11.4 Å². The van der Waals surface area contributed by atoms with Crippen LogP contribution in [0.1, 0.15) is 19.5 Å². The summed E-state index contributed by atoms with van der Waals surface area (Å²) in [6, 6.07) is 15.9. The van der Waals surface area contributed by atoms with Crippen LogP contribution in [0, 0.1) is 0 Å². The molecule has 0 radical (unpaired) electrons. The van der Waals surface area contributed by atoms with Crippen LogP contribution in [0.5, 0.6) is 5.75 Å². The van der Waals surface area contributed by atoms with Crippen molar-refractivity contribution < 1.29 is 4.74 Å². The Labute approximate surface area is 159 Å². The molecular weight excluding hydrogens is 340 g/mol. The fourth-order valence-corrected chi connectivity index (χ4v) is 2.71. The second kappa shape index (κ2) is 9.16. The highest BCUT2D eigenvalue weighted by Crippen LogP contribution is 2.21. The van der Waals surface area contributed by atoms with Crippen LogP contribution in [0.25, 0.3) is 5.69 Å². The lowest BCUT2D eigenvalue weighted by molar-refractivity contribution is 0.204. The molecule has 2 N–H and O–H groups in total. The van der Waals surface area contributed by atoms with Gasteiger partial charge in [0.25, 0.3) is 0 Å². The summed E-state index contributed by atoms with van der Waals surface area (Å²) < 4.78 is 6.98. The highest BCUT2D eigenvalue weighted by molar-refractivity contribution is 5.62. The molecule has 0 saturated heterocycles. The van der Waals surface area contributed by atoms with Crippen molar-refractivity contribution in [3.63, 3.8) is 0 Å². The summed E-state index contributed by atoms with van der Waals surface area (Å²) in [4.78, 5) is 0. The zero-order valence-corrected chi connectivity index (χ0v) is 16.0. The summed E-state index contributed by atoms with van der Waals surface area (Å²) in [5, 5.41) is 14.0. The number of nitrogens with zero attached hydrogens (tertiary/aromatic N) is 4. The first-order valence-corrected chi connectivity index (χ1v) is 9.13. The van der Waals surface area contributed by atoms with Crippen molar-refractivity contribution in [3.8, 4) is 11.4 Å². The number of hydrogen-bond acceptors (Lipinski definition) is 6. The van der Waals surface area contributed by atoms with Crippen molar-refractivity contribution in [1.29, 1.82) is 0 Å². The molecule has 27 heavy (non-hydrogen) atoms. The molecule has 1 heterocycles. The summed E-state index contributed by atoms with van der Waals surface area (Å²) in [5.74, 6) is 0.836. The van der Waals surface area contributed by atoms with Crippen LogP contribution in [0.3, 0.4) is 0 Å². The normalized spacial score (nSPS) is 11.0. The Hall–Kier alpha value is -2.90. The molecule has 0 aliphatic heterocycles. The third kappa shape index (κ3) is 5.06. The minimum absolute atomic E-state index is 0.658. The zero-order valence-electron chi connectivity index (χ0n) is 16.0. The second-order valence-electron chi connectivity index (χ2n) is 6.07. The molecule has 3 rings (SSSR count). The highest BCUT2D eigenvalue weighted by atomic mass is 16.5. The van der Waals surface area contributed by atoms with Gasteiger partial charge in [-0.2, -0.15) is 0 Å². The Kier molecular flexibility index (Phi) is 6.40. The van der Waals surface area contributed by atoms with Gasteiger partial charge in [0.1, 0.15) is 5.75 Å². The third-order valence-electron chi connectivity index (χ3n) is 4.28. The van der Waals surface area contributed by atoms with Crippen molar-refractivity contribution in [2.45, 2.75) is 20.4 Å². The number of aromatic nitrogens is 3. The van der Waals surface area contributed by atoms with Crippen molar-refractivity contribution in [3.05, 3.63) is 60.4 Å². The first-order valence-electron chi connectivity index (χ1n) is 9.13. The Balaban J connectivity index is 1.68. The standard InChI is InChI=1S/C20H26N6O/c1-4-25(5-2)21-14-18-15-26(24-23-18)19-8-6-7-17(13-19)22-16-9-11-20(27-3)12-10-16/h6-13,15,21-22H,4-5,14H2,1-3H3. The molecule has 0 amide bonds. The molecule has 0 aliphatic rings. The molecule has 2 aromatic carbocycles. The van der Waals surface area contributed by atoms with Crippen molar-refractivity contribution in [2.75, 3.05) is 25.5 Å². The predicted octanol–water partition coefficient (Wildman–Crippen LogP) is 3.37. The molecule has 0 bridgehead atoms. The smallest absolute Gasteiger partial charge is 0.119 e. The first-order chi connectivity index (χ1) is 13.2. The van der Waals surface area contributed by atoms with E-state index in [0.29, 0.717) is 6.54 Å². The van der Waals surface area contributed by atoms with E-state index in [2.05, 4.69) is 39.9 Å². The van der Waals surface area contributed by atoms with Crippen LogP contribution >= 0.6 is 0 Å².